The zero-order valence-electron chi connectivity index (χ0n) is 15.0. The highest BCUT2D eigenvalue weighted by Gasteiger charge is 2.22. The Balaban J connectivity index is 1.50. The van der Waals surface area contributed by atoms with Crippen LogP contribution >= 0.6 is 0 Å². The summed E-state index contributed by atoms with van der Waals surface area (Å²) in [7, 11) is 0. The Kier molecular flexibility index (Phi) is 5.58. The van der Waals surface area contributed by atoms with Crippen LogP contribution in [-0.2, 0) is 11.3 Å². The summed E-state index contributed by atoms with van der Waals surface area (Å²) in [6.07, 6.45) is 2.63. The van der Waals surface area contributed by atoms with Crippen molar-refractivity contribution < 1.29 is 9.21 Å². The molecule has 1 amide bonds. The summed E-state index contributed by atoms with van der Waals surface area (Å²) in [6.45, 7) is 7.68. The third kappa shape index (κ3) is 4.31. The number of benzene rings is 1. The largest absolute Gasteiger partial charge is 0.419 e. The first kappa shape index (κ1) is 17.7. The highest BCUT2D eigenvalue weighted by molar-refractivity contribution is 5.76. The Morgan fingerprint density at radius 1 is 1.36 bits per heavy atom. The van der Waals surface area contributed by atoms with Crippen molar-refractivity contribution in [1.29, 1.82) is 0 Å². The molecule has 2 heterocycles. The van der Waals surface area contributed by atoms with Crippen LogP contribution in [0.1, 0.15) is 33.1 Å². The molecule has 1 aromatic carbocycles. The summed E-state index contributed by atoms with van der Waals surface area (Å²) >= 11 is 0. The molecule has 136 valence electrons. The Labute approximate surface area is 147 Å². The van der Waals surface area contributed by atoms with E-state index in [1.807, 2.05) is 18.2 Å². The normalized spacial score (nSPS) is 18.8. The van der Waals surface area contributed by atoms with Gasteiger partial charge in [-0.25, -0.2) is 4.79 Å². The molecule has 0 unspecified atom stereocenters. The summed E-state index contributed by atoms with van der Waals surface area (Å²) in [5.74, 6) is 0.0882. The van der Waals surface area contributed by atoms with Gasteiger partial charge >= 0.3 is 5.76 Å². The van der Waals surface area contributed by atoms with Gasteiger partial charge < -0.3 is 14.6 Å². The number of hydrogen-bond acceptors (Lipinski definition) is 4. The first-order valence-corrected chi connectivity index (χ1v) is 9.13. The summed E-state index contributed by atoms with van der Waals surface area (Å²) in [4.78, 5) is 26.6. The van der Waals surface area contributed by atoms with Crippen molar-refractivity contribution >= 4 is 17.0 Å². The number of para-hydroxylation sites is 2. The fourth-order valence-electron chi connectivity index (χ4n) is 3.52. The molecule has 1 fully saturated rings. The van der Waals surface area contributed by atoms with Crippen molar-refractivity contribution in [1.82, 2.24) is 14.8 Å². The van der Waals surface area contributed by atoms with Crippen LogP contribution < -0.4 is 11.1 Å². The highest BCUT2D eigenvalue weighted by atomic mass is 16.4. The molecular weight excluding hydrogens is 318 g/mol. The number of piperidine rings is 1. The van der Waals surface area contributed by atoms with E-state index >= 15 is 0 Å². The molecule has 0 aliphatic carbocycles. The van der Waals surface area contributed by atoms with Crippen LogP contribution in [0.15, 0.2) is 33.5 Å². The molecule has 6 heteroatoms. The first-order chi connectivity index (χ1) is 12.0. The van der Waals surface area contributed by atoms with Crippen molar-refractivity contribution in [3.8, 4) is 0 Å². The Morgan fingerprint density at radius 3 is 2.96 bits per heavy atom. The van der Waals surface area contributed by atoms with Crippen LogP contribution in [0.4, 0.5) is 0 Å². The van der Waals surface area contributed by atoms with E-state index < -0.39 is 5.76 Å². The van der Waals surface area contributed by atoms with E-state index in [0.29, 0.717) is 30.6 Å². The van der Waals surface area contributed by atoms with Gasteiger partial charge in [-0.1, -0.05) is 12.1 Å². The number of nitrogens with one attached hydrogen (secondary N) is 1. The Hall–Kier alpha value is -2.08. The Morgan fingerprint density at radius 2 is 2.16 bits per heavy atom. The predicted octanol–water partition coefficient (Wildman–Crippen LogP) is 2.22. The minimum absolute atomic E-state index is 0.0150. The van der Waals surface area contributed by atoms with Gasteiger partial charge in [0.25, 0.3) is 0 Å². The van der Waals surface area contributed by atoms with Gasteiger partial charge in [0.1, 0.15) is 0 Å². The number of amides is 1. The van der Waals surface area contributed by atoms with Crippen LogP contribution in [-0.4, -0.2) is 41.1 Å². The maximum atomic E-state index is 12.2. The number of rotatable bonds is 6. The Bertz CT molecular complexity index is 778. The van der Waals surface area contributed by atoms with Gasteiger partial charge in [0.05, 0.1) is 5.52 Å². The molecule has 1 N–H and O–H groups in total. The SMILES string of the molecule is CC(C)N1CCC[C@H](CNC(=O)CCn2c(=O)oc3ccccc32)C1. The predicted molar refractivity (Wildman–Crippen MR) is 97.5 cm³/mol. The van der Waals surface area contributed by atoms with Gasteiger partial charge in [0, 0.05) is 32.1 Å². The number of nitrogens with zero attached hydrogens (tertiary/aromatic N) is 2. The lowest BCUT2D eigenvalue weighted by Gasteiger charge is -2.35. The summed E-state index contributed by atoms with van der Waals surface area (Å²) in [5.41, 5.74) is 1.30. The maximum Gasteiger partial charge on any atom is 0.419 e. The zero-order chi connectivity index (χ0) is 17.8. The number of fused-ring (bicyclic) bond motifs is 1. The van der Waals surface area contributed by atoms with Gasteiger partial charge in [0.2, 0.25) is 5.91 Å². The molecule has 1 atom stereocenters. The van der Waals surface area contributed by atoms with Crippen molar-refractivity contribution in [2.75, 3.05) is 19.6 Å². The minimum Gasteiger partial charge on any atom is -0.408 e. The van der Waals surface area contributed by atoms with Crippen LogP contribution in [0.25, 0.3) is 11.1 Å². The zero-order valence-corrected chi connectivity index (χ0v) is 15.0. The van der Waals surface area contributed by atoms with Gasteiger partial charge in [-0.3, -0.25) is 9.36 Å². The fraction of sp³-hybridized carbons (Fsp3) is 0.579. The van der Waals surface area contributed by atoms with Gasteiger partial charge in [-0.2, -0.15) is 0 Å². The van der Waals surface area contributed by atoms with Crippen LogP contribution in [0.5, 0.6) is 0 Å². The number of carbonyl (C=O) groups excluding carboxylic acids is 1. The van der Waals surface area contributed by atoms with Crippen molar-refractivity contribution in [2.24, 2.45) is 5.92 Å². The minimum atomic E-state index is -0.408. The van der Waals surface area contributed by atoms with E-state index in [0.717, 1.165) is 25.0 Å². The molecular formula is C19H27N3O3. The lowest BCUT2D eigenvalue weighted by Crippen LogP contribution is -2.43. The lowest BCUT2D eigenvalue weighted by molar-refractivity contribution is -0.121. The second kappa shape index (κ2) is 7.87. The molecule has 25 heavy (non-hydrogen) atoms. The standard InChI is InChI=1S/C19H27N3O3/c1-14(2)21-10-5-6-15(13-21)12-20-18(23)9-11-22-16-7-3-4-8-17(16)25-19(22)24/h3-4,7-8,14-15H,5-6,9-13H2,1-2H3,(H,20,23)/t15-/m1/s1. The van der Waals surface area contributed by atoms with E-state index in [1.165, 1.54) is 11.0 Å². The highest BCUT2D eigenvalue weighted by Crippen LogP contribution is 2.17. The van der Waals surface area contributed by atoms with Crippen LogP contribution in [0.3, 0.4) is 0 Å². The smallest absolute Gasteiger partial charge is 0.408 e. The third-order valence-corrected chi connectivity index (χ3v) is 5.00. The molecule has 1 aliphatic heterocycles. The number of hydrogen-bond donors (Lipinski definition) is 1. The number of aryl methyl sites for hydroxylation is 1. The summed E-state index contributed by atoms with van der Waals surface area (Å²) in [5, 5.41) is 3.03. The van der Waals surface area contributed by atoms with E-state index in [4.69, 9.17) is 4.42 Å². The number of oxazole rings is 1. The molecule has 6 nitrogen and oxygen atoms in total. The average molecular weight is 345 g/mol. The second-order valence-electron chi connectivity index (χ2n) is 7.14. The van der Waals surface area contributed by atoms with Crippen molar-refractivity contribution in [2.45, 2.75) is 45.7 Å². The molecule has 0 radical (unpaired) electrons. The second-order valence-corrected chi connectivity index (χ2v) is 7.14. The van der Waals surface area contributed by atoms with Gasteiger partial charge in [-0.05, 0) is 51.3 Å². The number of likely N-dealkylation sites (tertiary alicyclic amines) is 1. The van der Waals surface area contributed by atoms with E-state index in [9.17, 15) is 9.59 Å². The molecule has 2 aromatic rings. The molecule has 1 aromatic heterocycles. The average Bonchev–Trinajstić information content (AvgIpc) is 2.93. The first-order valence-electron chi connectivity index (χ1n) is 9.13. The number of carbonyl (C=O) groups is 1. The molecule has 1 saturated heterocycles. The van der Waals surface area contributed by atoms with Gasteiger partial charge in [-0.15, -0.1) is 0 Å². The summed E-state index contributed by atoms with van der Waals surface area (Å²) < 4.78 is 6.71. The summed E-state index contributed by atoms with van der Waals surface area (Å²) in [6, 6.07) is 7.83. The van der Waals surface area contributed by atoms with Crippen molar-refractivity contribution in [3.63, 3.8) is 0 Å². The topological polar surface area (TPSA) is 67.5 Å². The van der Waals surface area contributed by atoms with E-state index in [-0.39, 0.29) is 12.3 Å². The van der Waals surface area contributed by atoms with Crippen LogP contribution in [0, 0.1) is 5.92 Å². The molecule has 0 saturated carbocycles. The van der Waals surface area contributed by atoms with Crippen LogP contribution in [0.2, 0.25) is 0 Å². The lowest BCUT2D eigenvalue weighted by atomic mass is 9.97. The third-order valence-electron chi connectivity index (χ3n) is 5.00. The monoisotopic (exact) mass is 345 g/mol. The number of aromatic nitrogens is 1. The van der Waals surface area contributed by atoms with E-state index in [2.05, 4.69) is 24.1 Å². The van der Waals surface area contributed by atoms with E-state index in [1.54, 1.807) is 6.07 Å². The maximum absolute atomic E-state index is 12.2. The fourth-order valence-corrected chi connectivity index (χ4v) is 3.52. The molecule has 0 spiro atoms. The molecule has 3 rings (SSSR count). The van der Waals surface area contributed by atoms with Gasteiger partial charge in [0.15, 0.2) is 5.58 Å². The quantitative estimate of drug-likeness (QED) is 0.872. The molecule has 0 bridgehead atoms. The molecule has 1 aliphatic rings. The van der Waals surface area contributed by atoms with Crippen molar-refractivity contribution in [3.05, 3.63) is 34.8 Å².